The first kappa shape index (κ1) is 17.1. The minimum absolute atomic E-state index is 0.0176. The van der Waals surface area contributed by atoms with Crippen LogP contribution >= 0.6 is 11.3 Å². The van der Waals surface area contributed by atoms with E-state index in [1.807, 2.05) is 4.90 Å². The highest BCUT2D eigenvalue weighted by molar-refractivity contribution is 7.18. The molecule has 0 radical (unpaired) electrons. The molecule has 1 fully saturated rings. The molecule has 3 aromatic rings. The number of rotatable bonds is 4. The fraction of sp³-hybridized carbons (Fsp3) is 0.389. The van der Waals surface area contributed by atoms with Gasteiger partial charge in [-0.25, -0.2) is 9.37 Å². The molecule has 1 aliphatic rings. The van der Waals surface area contributed by atoms with Crippen LogP contribution in [0.1, 0.15) is 29.3 Å². The molecule has 2 aromatic heterocycles. The molecule has 1 amide bonds. The normalized spacial score (nSPS) is 16.9. The molecule has 8 heteroatoms. The Morgan fingerprint density at radius 2 is 2.23 bits per heavy atom. The summed E-state index contributed by atoms with van der Waals surface area (Å²) in [5.74, 6) is 0.0296. The zero-order valence-electron chi connectivity index (χ0n) is 14.2. The van der Waals surface area contributed by atoms with Crippen LogP contribution in [0.15, 0.2) is 30.6 Å². The van der Waals surface area contributed by atoms with Crippen molar-refractivity contribution in [1.82, 2.24) is 20.1 Å². The van der Waals surface area contributed by atoms with E-state index >= 15 is 0 Å². The molecule has 0 bridgehead atoms. The Hall–Kier alpha value is -2.32. The number of likely N-dealkylation sites (tertiary alicyclic amines) is 1. The summed E-state index contributed by atoms with van der Waals surface area (Å²) in [7, 11) is 0. The molecule has 0 spiro atoms. The van der Waals surface area contributed by atoms with Crippen LogP contribution in [0.2, 0.25) is 0 Å². The SMILES string of the molecule is NC(Cc1cn[nH]c1)C(=O)N1CCC(c2nc3cc(F)ccc3s2)CC1. The Labute approximate surface area is 154 Å². The number of aromatic nitrogens is 3. The molecule has 3 N–H and O–H groups in total. The number of piperidine rings is 1. The number of hydrogen-bond donors (Lipinski definition) is 2. The van der Waals surface area contributed by atoms with E-state index in [9.17, 15) is 9.18 Å². The first-order chi connectivity index (χ1) is 12.6. The molecule has 1 atom stereocenters. The van der Waals surface area contributed by atoms with Gasteiger partial charge in [-0.1, -0.05) is 0 Å². The van der Waals surface area contributed by atoms with Crippen LogP contribution in [0.3, 0.4) is 0 Å². The van der Waals surface area contributed by atoms with Crippen LogP contribution in [0.5, 0.6) is 0 Å². The van der Waals surface area contributed by atoms with Crippen molar-refractivity contribution in [2.24, 2.45) is 5.73 Å². The van der Waals surface area contributed by atoms with Gasteiger partial charge in [-0.3, -0.25) is 9.89 Å². The number of fused-ring (bicyclic) bond motifs is 1. The summed E-state index contributed by atoms with van der Waals surface area (Å²) in [6.45, 7) is 1.35. The Morgan fingerprint density at radius 1 is 1.42 bits per heavy atom. The monoisotopic (exact) mass is 373 g/mol. The van der Waals surface area contributed by atoms with Crippen molar-refractivity contribution in [3.05, 3.63) is 47.0 Å². The van der Waals surface area contributed by atoms with E-state index in [1.54, 1.807) is 29.8 Å². The van der Waals surface area contributed by atoms with Crippen molar-refractivity contribution in [3.63, 3.8) is 0 Å². The Kier molecular flexibility index (Phi) is 4.69. The number of carbonyl (C=O) groups excluding carboxylic acids is 1. The van der Waals surface area contributed by atoms with E-state index < -0.39 is 6.04 Å². The number of amides is 1. The van der Waals surface area contributed by atoms with E-state index in [0.29, 0.717) is 30.9 Å². The van der Waals surface area contributed by atoms with Gasteiger partial charge in [0, 0.05) is 31.3 Å². The van der Waals surface area contributed by atoms with Gasteiger partial charge < -0.3 is 10.6 Å². The zero-order valence-corrected chi connectivity index (χ0v) is 15.0. The van der Waals surface area contributed by atoms with Crippen molar-refractivity contribution >= 4 is 27.5 Å². The summed E-state index contributed by atoms with van der Waals surface area (Å²) in [6.07, 6.45) is 5.64. The molecule has 3 heterocycles. The van der Waals surface area contributed by atoms with Crippen LogP contribution in [-0.4, -0.2) is 45.1 Å². The minimum Gasteiger partial charge on any atom is -0.341 e. The summed E-state index contributed by atoms with van der Waals surface area (Å²) >= 11 is 1.61. The number of benzene rings is 1. The highest BCUT2D eigenvalue weighted by Crippen LogP contribution is 2.34. The first-order valence-electron chi connectivity index (χ1n) is 8.68. The second-order valence-electron chi connectivity index (χ2n) is 6.68. The fourth-order valence-electron chi connectivity index (χ4n) is 3.40. The van der Waals surface area contributed by atoms with Crippen molar-refractivity contribution in [1.29, 1.82) is 0 Å². The number of halogens is 1. The third-order valence-corrected chi connectivity index (χ3v) is 6.05. The molecule has 1 unspecified atom stereocenters. The van der Waals surface area contributed by atoms with E-state index in [2.05, 4.69) is 15.2 Å². The molecule has 0 aliphatic carbocycles. The van der Waals surface area contributed by atoms with Gasteiger partial charge in [0.15, 0.2) is 0 Å². The lowest BCUT2D eigenvalue weighted by molar-refractivity contribution is -0.133. The van der Waals surface area contributed by atoms with Gasteiger partial charge in [0.1, 0.15) is 5.82 Å². The lowest BCUT2D eigenvalue weighted by Gasteiger charge is -2.32. The summed E-state index contributed by atoms with van der Waals surface area (Å²) in [5, 5.41) is 7.64. The van der Waals surface area contributed by atoms with Gasteiger partial charge >= 0.3 is 0 Å². The molecular weight excluding hydrogens is 353 g/mol. The van der Waals surface area contributed by atoms with Crippen molar-refractivity contribution in [2.45, 2.75) is 31.2 Å². The van der Waals surface area contributed by atoms with Crippen LogP contribution in [0, 0.1) is 5.82 Å². The molecule has 4 rings (SSSR count). The molecule has 1 saturated heterocycles. The average molecular weight is 373 g/mol. The number of nitrogens with one attached hydrogen (secondary N) is 1. The Balaban J connectivity index is 1.37. The second kappa shape index (κ2) is 7.13. The molecule has 0 saturated carbocycles. The van der Waals surface area contributed by atoms with Gasteiger partial charge in [-0.2, -0.15) is 5.10 Å². The lowest BCUT2D eigenvalue weighted by atomic mass is 9.96. The van der Waals surface area contributed by atoms with Gasteiger partial charge in [0.05, 0.1) is 27.5 Å². The van der Waals surface area contributed by atoms with Gasteiger partial charge in [0.2, 0.25) is 5.91 Å². The summed E-state index contributed by atoms with van der Waals surface area (Å²) in [6, 6.07) is 4.17. The topological polar surface area (TPSA) is 87.9 Å². The van der Waals surface area contributed by atoms with Crippen LogP contribution in [0.25, 0.3) is 10.2 Å². The van der Waals surface area contributed by atoms with Crippen LogP contribution < -0.4 is 5.73 Å². The van der Waals surface area contributed by atoms with Gasteiger partial charge in [-0.15, -0.1) is 11.3 Å². The maximum absolute atomic E-state index is 13.3. The van der Waals surface area contributed by atoms with E-state index in [0.717, 1.165) is 28.1 Å². The number of nitrogens with zero attached hydrogens (tertiary/aromatic N) is 3. The minimum atomic E-state index is -0.547. The molecule has 26 heavy (non-hydrogen) atoms. The third-order valence-electron chi connectivity index (χ3n) is 4.85. The lowest BCUT2D eigenvalue weighted by Crippen LogP contribution is -2.47. The standard InChI is InChI=1S/C18H20FN5OS/c19-13-1-2-16-15(8-13)23-17(26-16)12-3-5-24(6-4-12)18(25)14(20)7-11-9-21-22-10-11/h1-2,8-10,12,14H,3-7,20H2,(H,21,22). The number of thiazole rings is 1. The van der Waals surface area contributed by atoms with Gasteiger partial charge in [-0.05, 0) is 37.0 Å². The number of H-pyrrole nitrogens is 1. The second-order valence-corrected chi connectivity index (χ2v) is 7.74. The zero-order chi connectivity index (χ0) is 18.1. The van der Waals surface area contributed by atoms with Crippen LogP contribution in [0.4, 0.5) is 4.39 Å². The summed E-state index contributed by atoms with van der Waals surface area (Å²) in [4.78, 5) is 19.0. The predicted octanol–water partition coefficient (Wildman–Crippen LogP) is 2.43. The number of nitrogens with two attached hydrogens (primary N) is 1. The maximum Gasteiger partial charge on any atom is 0.239 e. The highest BCUT2D eigenvalue weighted by atomic mass is 32.1. The Bertz CT molecular complexity index is 902. The largest absolute Gasteiger partial charge is 0.341 e. The van der Waals surface area contributed by atoms with E-state index in [-0.39, 0.29) is 11.7 Å². The van der Waals surface area contributed by atoms with Crippen molar-refractivity contribution in [2.75, 3.05) is 13.1 Å². The van der Waals surface area contributed by atoms with E-state index in [1.165, 1.54) is 12.1 Å². The van der Waals surface area contributed by atoms with Gasteiger partial charge in [0.25, 0.3) is 0 Å². The highest BCUT2D eigenvalue weighted by Gasteiger charge is 2.28. The molecule has 6 nitrogen and oxygen atoms in total. The quantitative estimate of drug-likeness (QED) is 0.735. The molecule has 1 aliphatic heterocycles. The average Bonchev–Trinajstić information content (AvgIpc) is 3.30. The number of hydrogen-bond acceptors (Lipinski definition) is 5. The van der Waals surface area contributed by atoms with Crippen LogP contribution in [-0.2, 0) is 11.2 Å². The first-order valence-corrected chi connectivity index (χ1v) is 9.50. The van der Waals surface area contributed by atoms with E-state index in [4.69, 9.17) is 5.73 Å². The number of carbonyl (C=O) groups is 1. The molecule has 1 aromatic carbocycles. The van der Waals surface area contributed by atoms with Crippen molar-refractivity contribution < 1.29 is 9.18 Å². The number of aromatic amines is 1. The maximum atomic E-state index is 13.3. The van der Waals surface area contributed by atoms with Crippen molar-refractivity contribution in [3.8, 4) is 0 Å². The summed E-state index contributed by atoms with van der Waals surface area (Å²) in [5.41, 5.74) is 7.72. The smallest absolute Gasteiger partial charge is 0.239 e. The molecule has 136 valence electrons. The predicted molar refractivity (Wildman–Crippen MR) is 98.4 cm³/mol. The Morgan fingerprint density at radius 3 is 2.96 bits per heavy atom. The summed E-state index contributed by atoms with van der Waals surface area (Å²) < 4.78 is 14.3. The fourth-order valence-corrected chi connectivity index (χ4v) is 4.52. The molecular formula is C18H20FN5OS. The third kappa shape index (κ3) is 3.47.